The first-order chi connectivity index (χ1) is 23.0. The van der Waals surface area contributed by atoms with Crippen LogP contribution in [0.4, 0.5) is 19.0 Å². The molecule has 0 aliphatic carbocycles. The van der Waals surface area contributed by atoms with E-state index in [1.165, 1.54) is 18.0 Å². The number of aromatic nitrogens is 3. The van der Waals surface area contributed by atoms with Crippen LogP contribution in [0.5, 0.6) is 0 Å². The predicted octanol–water partition coefficient (Wildman–Crippen LogP) is 6.18. The van der Waals surface area contributed by atoms with E-state index >= 15 is 0 Å². The number of aliphatic hydroxyl groups excluding tert-OH is 1. The van der Waals surface area contributed by atoms with E-state index in [0.29, 0.717) is 47.8 Å². The number of hydrogen-bond acceptors (Lipinski definition) is 8. The zero-order valence-corrected chi connectivity index (χ0v) is 27.8. The van der Waals surface area contributed by atoms with Crippen molar-refractivity contribution in [2.75, 3.05) is 31.5 Å². The van der Waals surface area contributed by atoms with Gasteiger partial charge in [-0.2, -0.15) is 18.4 Å². The zero-order chi connectivity index (χ0) is 34.0. The van der Waals surface area contributed by atoms with Gasteiger partial charge in [0.1, 0.15) is 28.7 Å². The van der Waals surface area contributed by atoms with E-state index in [4.69, 9.17) is 0 Å². The fourth-order valence-electron chi connectivity index (χ4n) is 7.15. The highest BCUT2D eigenvalue weighted by Crippen LogP contribution is 2.34. The molecule has 2 aliphatic heterocycles. The van der Waals surface area contributed by atoms with Crippen LogP contribution >= 0.6 is 11.3 Å². The number of anilines is 1. The molecule has 13 heteroatoms. The maximum absolute atomic E-state index is 12.9. The topological polar surface area (TPSA) is 110 Å². The van der Waals surface area contributed by atoms with Crippen molar-refractivity contribution in [2.45, 2.75) is 76.9 Å². The van der Waals surface area contributed by atoms with Crippen molar-refractivity contribution in [3.05, 3.63) is 64.9 Å². The molecule has 2 aliphatic rings. The van der Waals surface area contributed by atoms with Crippen LogP contribution in [0.15, 0.2) is 43.2 Å². The van der Waals surface area contributed by atoms with Crippen LogP contribution in [-0.4, -0.2) is 79.8 Å². The predicted molar refractivity (Wildman–Crippen MR) is 181 cm³/mol. The summed E-state index contributed by atoms with van der Waals surface area (Å²) in [7, 11) is 0. The molecule has 4 aromatic rings. The molecule has 6 rings (SSSR count). The molecule has 0 radical (unpaired) electrons. The third-order valence-corrected chi connectivity index (χ3v) is 10.9. The van der Waals surface area contributed by atoms with Crippen LogP contribution in [0.1, 0.15) is 53.8 Å². The molecule has 2 unspecified atom stereocenters. The summed E-state index contributed by atoms with van der Waals surface area (Å²) in [4.78, 5) is 25.6. The Morgan fingerprint density at radius 2 is 1.96 bits per heavy atom. The molecule has 2 fully saturated rings. The number of aryl methyl sites for hydroxylation is 1. The molecule has 0 bridgehead atoms. The lowest BCUT2D eigenvalue weighted by Gasteiger charge is -2.33. The second-order valence-electron chi connectivity index (χ2n) is 13.0. The van der Waals surface area contributed by atoms with E-state index in [1.807, 2.05) is 16.7 Å². The number of nitriles is 1. The fourth-order valence-corrected chi connectivity index (χ4v) is 8.18. The summed E-state index contributed by atoms with van der Waals surface area (Å²) < 4.78 is 40.8. The number of benzene rings is 1. The molecule has 5 heterocycles. The number of nitrogens with one attached hydrogen (secondary N) is 1. The first kappa shape index (κ1) is 33.9. The minimum absolute atomic E-state index is 0.0341. The first-order valence-electron chi connectivity index (χ1n) is 16.4. The number of carbonyl (C=O) groups excluding carboxylic acids is 1. The second-order valence-corrected chi connectivity index (χ2v) is 14.1. The van der Waals surface area contributed by atoms with Gasteiger partial charge in [-0.3, -0.25) is 9.69 Å². The summed E-state index contributed by atoms with van der Waals surface area (Å²) in [5.74, 6) is 0.537. The van der Waals surface area contributed by atoms with E-state index in [9.17, 15) is 28.3 Å². The molecule has 3 aromatic heterocycles. The fraction of sp³-hybridized carbons (Fsp3) is 0.486. The Labute approximate surface area is 281 Å². The van der Waals surface area contributed by atoms with Crippen LogP contribution < -0.4 is 5.32 Å². The Hall–Kier alpha value is -3.99. The van der Waals surface area contributed by atoms with Crippen molar-refractivity contribution in [3.63, 3.8) is 0 Å². The summed E-state index contributed by atoms with van der Waals surface area (Å²) in [6.07, 6.45) is 0.927. The number of rotatable bonds is 9. The Bertz CT molecular complexity index is 1840. The third-order valence-electron chi connectivity index (χ3n) is 9.83. The molecule has 2 saturated heterocycles. The van der Waals surface area contributed by atoms with Crippen LogP contribution in [0.3, 0.4) is 0 Å². The molecule has 2 atom stereocenters. The van der Waals surface area contributed by atoms with Gasteiger partial charge in [0.15, 0.2) is 0 Å². The molecule has 48 heavy (non-hydrogen) atoms. The van der Waals surface area contributed by atoms with Crippen LogP contribution in [-0.2, 0) is 24.3 Å². The largest absolute Gasteiger partial charge is 0.393 e. The van der Waals surface area contributed by atoms with E-state index < -0.39 is 18.7 Å². The van der Waals surface area contributed by atoms with Crippen molar-refractivity contribution in [1.29, 1.82) is 5.26 Å². The average molecular weight is 680 g/mol. The number of aliphatic hydroxyl groups is 1. The van der Waals surface area contributed by atoms with Crippen LogP contribution in [0.25, 0.3) is 21.1 Å². The van der Waals surface area contributed by atoms with Gasteiger partial charge in [0.25, 0.3) is 0 Å². The molecular formula is C35H40F3N7O2S. The molecule has 0 saturated carbocycles. The zero-order valence-electron chi connectivity index (χ0n) is 27.0. The minimum atomic E-state index is -4.27. The van der Waals surface area contributed by atoms with Gasteiger partial charge in [0.05, 0.1) is 24.5 Å². The Balaban J connectivity index is 1.08. The number of amides is 1. The lowest BCUT2D eigenvalue weighted by molar-refractivity contribution is -0.127. The highest BCUT2D eigenvalue weighted by atomic mass is 32.1. The average Bonchev–Trinajstić information content (AvgIpc) is 3.53. The lowest BCUT2D eigenvalue weighted by Crippen LogP contribution is -2.39. The van der Waals surface area contributed by atoms with Gasteiger partial charge in [0.2, 0.25) is 5.91 Å². The quantitative estimate of drug-likeness (QED) is 0.203. The highest BCUT2D eigenvalue weighted by Gasteiger charge is 2.30. The van der Waals surface area contributed by atoms with Crippen LogP contribution in [0.2, 0.25) is 0 Å². The van der Waals surface area contributed by atoms with E-state index in [-0.39, 0.29) is 22.7 Å². The number of thiophene rings is 1. The number of carbonyl (C=O) groups is 1. The molecule has 2 N–H and O–H groups in total. The number of piperidine rings is 1. The Morgan fingerprint density at radius 3 is 2.69 bits per heavy atom. The van der Waals surface area contributed by atoms with Gasteiger partial charge in [-0.25, -0.2) is 9.97 Å². The number of halogens is 3. The summed E-state index contributed by atoms with van der Waals surface area (Å²) in [6, 6.07) is 10.1. The second kappa shape index (κ2) is 14.2. The number of alkyl halides is 3. The van der Waals surface area contributed by atoms with Gasteiger partial charge >= 0.3 is 6.18 Å². The molecule has 1 amide bonds. The highest BCUT2D eigenvalue weighted by molar-refractivity contribution is 7.18. The number of nitrogens with zero attached hydrogens (tertiary/aromatic N) is 6. The van der Waals surface area contributed by atoms with Gasteiger partial charge in [-0.1, -0.05) is 12.6 Å². The van der Waals surface area contributed by atoms with Crippen molar-refractivity contribution in [1.82, 2.24) is 24.3 Å². The Morgan fingerprint density at radius 1 is 1.17 bits per heavy atom. The molecule has 1 aromatic carbocycles. The van der Waals surface area contributed by atoms with Crippen molar-refractivity contribution >= 4 is 44.2 Å². The lowest BCUT2D eigenvalue weighted by atomic mass is 9.94. The summed E-state index contributed by atoms with van der Waals surface area (Å²) in [5.41, 5.74) is 3.74. The van der Waals surface area contributed by atoms with Crippen molar-refractivity contribution < 1.29 is 23.1 Å². The molecule has 0 spiro atoms. The summed E-state index contributed by atoms with van der Waals surface area (Å²) in [5, 5.41) is 26.4. The number of hydrogen-bond donors (Lipinski definition) is 2. The molecule has 9 nitrogen and oxygen atoms in total. The normalized spacial score (nSPS) is 18.9. The standard InChI is InChI=1S/C35H40F3N7O2S/c1-3-32(47)44-11-4-5-23(8-14-44)31(46)20-45-26(18-39)15-28-22(2)24(6-7-30(28)45)19-43-12-9-25(10-13-43)42-33-29-16-27(17-35(36,37)38)48-34(29)41-21-40-33/h3,6-7,15-16,21,23,25,31,46H,1,4-5,8-14,17,19-20H2,2H3,(H,40,41,42). The summed E-state index contributed by atoms with van der Waals surface area (Å²) >= 11 is 1.05. The third kappa shape index (κ3) is 7.51. The first-order valence-corrected chi connectivity index (χ1v) is 17.2. The van der Waals surface area contributed by atoms with E-state index in [0.717, 1.165) is 73.1 Å². The van der Waals surface area contributed by atoms with Gasteiger partial charge in [0, 0.05) is 54.5 Å². The van der Waals surface area contributed by atoms with E-state index in [2.05, 4.69) is 45.8 Å². The number of likely N-dealkylation sites (tertiary alicyclic amines) is 2. The van der Waals surface area contributed by atoms with Crippen LogP contribution in [0, 0.1) is 24.2 Å². The van der Waals surface area contributed by atoms with E-state index in [1.54, 1.807) is 11.0 Å². The molecular weight excluding hydrogens is 639 g/mol. The van der Waals surface area contributed by atoms with Gasteiger partial charge < -0.3 is 19.9 Å². The SMILES string of the molecule is C=CC(=O)N1CCCC(C(O)Cn2c(C#N)cc3c(C)c(CN4CCC(Nc5ncnc6sc(CC(F)(F)F)cc56)CC4)ccc32)CC1. The minimum Gasteiger partial charge on any atom is -0.391 e. The number of fused-ring (bicyclic) bond motifs is 2. The van der Waals surface area contributed by atoms with Gasteiger partial charge in [-0.05, 0) is 80.3 Å². The smallest absolute Gasteiger partial charge is 0.391 e. The maximum atomic E-state index is 12.9. The van der Waals surface area contributed by atoms with Crippen molar-refractivity contribution in [2.24, 2.45) is 5.92 Å². The van der Waals surface area contributed by atoms with Crippen molar-refractivity contribution in [3.8, 4) is 6.07 Å². The maximum Gasteiger partial charge on any atom is 0.393 e. The molecule has 254 valence electrons. The van der Waals surface area contributed by atoms with Gasteiger partial charge in [-0.15, -0.1) is 11.3 Å². The Kier molecular flexibility index (Phi) is 10.1. The monoisotopic (exact) mass is 679 g/mol. The summed E-state index contributed by atoms with van der Waals surface area (Å²) in [6.45, 7) is 9.70.